The fraction of sp³-hybridized carbons (Fsp3) is 0.750. The van der Waals surface area contributed by atoms with Crippen molar-refractivity contribution in [1.82, 2.24) is 10.2 Å². The molecule has 0 unspecified atom stereocenters. The largest absolute Gasteiger partial charge is 0.356 e. The molecule has 1 amide bonds. The Morgan fingerprint density at radius 3 is 2.75 bits per heavy atom. The van der Waals surface area contributed by atoms with Gasteiger partial charge in [-0.15, -0.1) is 0 Å². The molecule has 1 N–H and O–H groups in total. The molecule has 1 fully saturated rings. The molecule has 12 heavy (non-hydrogen) atoms. The second-order valence-corrected chi connectivity index (χ2v) is 2.99. The first kappa shape index (κ1) is 9.01. The maximum Gasteiger partial charge on any atom is 0.207 e. The van der Waals surface area contributed by atoms with E-state index >= 15 is 0 Å². The van der Waals surface area contributed by atoms with Crippen LogP contribution < -0.4 is 5.32 Å². The number of piperidine rings is 1. The number of rotatable bonds is 3. The van der Waals surface area contributed by atoms with Crippen molar-refractivity contribution in [2.75, 3.05) is 19.6 Å². The third-order valence-corrected chi connectivity index (χ3v) is 2.19. The van der Waals surface area contributed by atoms with E-state index in [9.17, 15) is 4.79 Å². The second kappa shape index (κ2) is 4.73. The number of hydrogen-bond donors (Lipinski definition) is 1. The molecule has 1 aliphatic rings. The summed E-state index contributed by atoms with van der Waals surface area (Å²) in [6, 6.07) is 2.44. The van der Waals surface area contributed by atoms with Gasteiger partial charge in [0.25, 0.3) is 0 Å². The van der Waals surface area contributed by atoms with Gasteiger partial charge < -0.3 is 5.32 Å². The lowest BCUT2D eigenvalue weighted by Gasteiger charge is -2.29. The van der Waals surface area contributed by atoms with Crippen molar-refractivity contribution in [3.8, 4) is 6.07 Å². The van der Waals surface area contributed by atoms with E-state index in [1.165, 1.54) is 0 Å². The van der Waals surface area contributed by atoms with Gasteiger partial charge in [-0.25, -0.2) is 0 Å². The van der Waals surface area contributed by atoms with Crippen LogP contribution in [-0.4, -0.2) is 37.0 Å². The lowest BCUT2D eigenvalue weighted by Crippen LogP contribution is -2.42. The molecule has 1 aliphatic heterocycles. The predicted octanol–water partition coefficient (Wildman–Crippen LogP) is -0.280. The third-order valence-electron chi connectivity index (χ3n) is 2.19. The molecule has 66 valence electrons. The van der Waals surface area contributed by atoms with E-state index < -0.39 is 0 Å². The number of likely N-dealkylation sites (tertiary alicyclic amines) is 1. The first-order valence-corrected chi connectivity index (χ1v) is 4.16. The lowest BCUT2D eigenvalue weighted by atomic mass is 10.1. The van der Waals surface area contributed by atoms with E-state index in [1.54, 1.807) is 0 Å². The summed E-state index contributed by atoms with van der Waals surface area (Å²) in [6.45, 7) is 2.34. The van der Waals surface area contributed by atoms with Crippen molar-refractivity contribution in [2.24, 2.45) is 0 Å². The second-order valence-electron chi connectivity index (χ2n) is 2.99. The smallest absolute Gasteiger partial charge is 0.207 e. The van der Waals surface area contributed by atoms with Crippen molar-refractivity contribution < 1.29 is 4.79 Å². The molecule has 0 atom stereocenters. The standard InChI is InChI=1S/C8H13N3O/c9-3-6-11-4-1-8(2-5-11)10-7-12/h7-8H,1-2,4-6H2,(H,10,12). The molecular weight excluding hydrogens is 154 g/mol. The molecule has 0 bridgehead atoms. The predicted molar refractivity (Wildman–Crippen MR) is 44.3 cm³/mol. The van der Waals surface area contributed by atoms with E-state index in [4.69, 9.17) is 5.26 Å². The summed E-state index contributed by atoms with van der Waals surface area (Å²) in [5.41, 5.74) is 0. The van der Waals surface area contributed by atoms with Gasteiger partial charge in [-0.3, -0.25) is 9.69 Å². The van der Waals surface area contributed by atoms with Gasteiger partial charge in [0.05, 0.1) is 12.6 Å². The molecule has 1 heterocycles. The Bertz CT molecular complexity index is 179. The minimum Gasteiger partial charge on any atom is -0.356 e. The Morgan fingerprint density at radius 1 is 1.58 bits per heavy atom. The summed E-state index contributed by atoms with van der Waals surface area (Å²) in [4.78, 5) is 12.2. The number of carbonyl (C=O) groups excluding carboxylic acids is 1. The average Bonchev–Trinajstić information content (AvgIpc) is 2.09. The van der Waals surface area contributed by atoms with Crippen molar-refractivity contribution in [2.45, 2.75) is 18.9 Å². The van der Waals surface area contributed by atoms with Gasteiger partial charge in [0.15, 0.2) is 0 Å². The lowest BCUT2D eigenvalue weighted by molar-refractivity contribution is -0.110. The van der Waals surface area contributed by atoms with Crippen LogP contribution in [0.1, 0.15) is 12.8 Å². The zero-order valence-corrected chi connectivity index (χ0v) is 6.99. The topological polar surface area (TPSA) is 56.1 Å². The average molecular weight is 167 g/mol. The highest BCUT2D eigenvalue weighted by atomic mass is 16.1. The van der Waals surface area contributed by atoms with Crippen molar-refractivity contribution in [3.05, 3.63) is 0 Å². The number of hydrogen-bond acceptors (Lipinski definition) is 3. The highest BCUT2D eigenvalue weighted by Crippen LogP contribution is 2.08. The van der Waals surface area contributed by atoms with Crippen LogP contribution in [0.15, 0.2) is 0 Å². The Hall–Kier alpha value is -1.08. The number of amides is 1. The van der Waals surface area contributed by atoms with Crippen LogP contribution in [0.5, 0.6) is 0 Å². The summed E-state index contributed by atoms with van der Waals surface area (Å²) in [6.07, 6.45) is 2.67. The summed E-state index contributed by atoms with van der Waals surface area (Å²) in [5.74, 6) is 0. The Kier molecular flexibility index (Phi) is 3.55. The molecule has 1 saturated heterocycles. The molecule has 0 aromatic carbocycles. The Morgan fingerprint density at radius 2 is 2.25 bits per heavy atom. The van der Waals surface area contributed by atoms with Gasteiger partial charge in [-0.1, -0.05) is 0 Å². The minimum absolute atomic E-state index is 0.317. The number of nitrogens with zero attached hydrogens (tertiary/aromatic N) is 2. The van der Waals surface area contributed by atoms with Crippen LogP contribution in [0, 0.1) is 11.3 Å². The van der Waals surface area contributed by atoms with Crippen LogP contribution in [-0.2, 0) is 4.79 Å². The third kappa shape index (κ3) is 2.51. The number of nitriles is 1. The fourth-order valence-corrected chi connectivity index (χ4v) is 1.45. The van der Waals surface area contributed by atoms with E-state index in [0.717, 1.165) is 32.3 Å². The summed E-state index contributed by atoms with van der Waals surface area (Å²) in [7, 11) is 0. The normalized spacial score (nSPS) is 19.9. The first-order valence-electron chi connectivity index (χ1n) is 4.16. The molecule has 0 radical (unpaired) electrons. The number of carbonyl (C=O) groups is 1. The quantitative estimate of drug-likeness (QED) is 0.464. The van der Waals surface area contributed by atoms with Gasteiger partial charge in [-0.2, -0.15) is 5.26 Å². The van der Waals surface area contributed by atoms with Gasteiger partial charge in [0.2, 0.25) is 6.41 Å². The van der Waals surface area contributed by atoms with Crippen LogP contribution >= 0.6 is 0 Å². The zero-order chi connectivity index (χ0) is 8.81. The highest BCUT2D eigenvalue weighted by Gasteiger charge is 2.17. The summed E-state index contributed by atoms with van der Waals surface area (Å²) >= 11 is 0. The van der Waals surface area contributed by atoms with Gasteiger partial charge in [-0.05, 0) is 12.8 Å². The minimum atomic E-state index is 0.317. The monoisotopic (exact) mass is 167 g/mol. The summed E-state index contributed by atoms with van der Waals surface area (Å²) in [5, 5.41) is 11.2. The maximum atomic E-state index is 10.1. The first-order chi connectivity index (χ1) is 5.86. The van der Waals surface area contributed by atoms with Gasteiger partial charge in [0.1, 0.15) is 0 Å². The fourth-order valence-electron chi connectivity index (χ4n) is 1.45. The molecule has 1 rings (SSSR count). The van der Waals surface area contributed by atoms with E-state index in [0.29, 0.717) is 12.6 Å². The molecule has 0 aromatic heterocycles. The molecule has 0 saturated carbocycles. The van der Waals surface area contributed by atoms with Crippen LogP contribution in [0.25, 0.3) is 0 Å². The molecule has 0 spiro atoms. The van der Waals surface area contributed by atoms with E-state index in [1.807, 2.05) is 0 Å². The van der Waals surface area contributed by atoms with Crippen LogP contribution in [0.2, 0.25) is 0 Å². The van der Waals surface area contributed by atoms with Crippen molar-refractivity contribution in [3.63, 3.8) is 0 Å². The molecule has 0 aromatic rings. The van der Waals surface area contributed by atoms with Crippen LogP contribution in [0.4, 0.5) is 0 Å². The summed E-state index contributed by atoms with van der Waals surface area (Å²) < 4.78 is 0. The van der Waals surface area contributed by atoms with Crippen molar-refractivity contribution in [1.29, 1.82) is 5.26 Å². The Labute approximate surface area is 72.2 Å². The molecule has 4 heteroatoms. The number of nitrogens with one attached hydrogen (secondary N) is 1. The van der Waals surface area contributed by atoms with E-state index in [2.05, 4.69) is 16.3 Å². The molecule has 0 aliphatic carbocycles. The zero-order valence-electron chi connectivity index (χ0n) is 6.99. The Balaban J connectivity index is 2.21. The molecular formula is C8H13N3O. The van der Waals surface area contributed by atoms with Crippen molar-refractivity contribution >= 4 is 6.41 Å². The molecule has 4 nitrogen and oxygen atoms in total. The maximum absolute atomic E-state index is 10.1. The van der Waals surface area contributed by atoms with Gasteiger partial charge in [0, 0.05) is 19.1 Å². The van der Waals surface area contributed by atoms with Gasteiger partial charge >= 0.3 is 0 Å². The highest BCUT2D eigenvalue weighted by molar-refractivity contribution is 5.46. The SMILES string of the molecule is N#CCN1CCC(NC=O)CC1. The van der Waals surface area contributed by atoms with E-state index in [-0.39, 0.29) is 0 Å². The van der Waals surface area contributed by atoms with Crippen LogP contribution in [0.3, 0.4) is 0 Å².